The molecule has 0 spiro atoms. The Bertz CT molecular complexity index is 1370. The Kier molecular flexibility index (Phi) is 5.09. The summed E-state index contributed by atoms with van der Waals surface area (Å²) in [4.78, 5) is 40.4. The zero-order valence-corrected chi connectivity index (χ0v) is 18.8. The van der Waals surface area contributed by atoms with E-state index in [1.54, 1.807) is 30.0 Å². The third-order valence-corrected chi connectivity index (χ3v) is 6.88. The molecule has 0 radical (unpaired) electrons. The van der Waals surface area contributed by atoms with Crippen LogP contribution in [0.1, 0.15) is 53.3 Å². The zero-order valence-electron chi connectivity index (χ0n) is 18.0. The maximum atomic E-state index is 13.2. The van der Waals surface area contributed by atoms with Gasteiger partial charge in [0.25, 0.3) is 11.5 Å². The van der Waals surface area contributed by atoms with Gasteiger partial charge in [-0.2, -0.15) is 4.98 Å². The molecule has 9 nitrogen and oxygen atoms in total. The fourth-order valence-corrected chi connectivity index (χ4v) is 5.08. The summed E-state index contributed by atoms with van der Waals surface area (Å²) in [6, 6.07) is 3.15. The number of amides is 1. The maximum absolute atomic E-state index is 13.2. The van der Waals surface area contributed by atoms with Crippen LogP contribution in [-0.2, 0) is 13.0 Å². The van der Waals surface area contributed by atoms with Gasteiger partial charge in [0.2, 0.25) is 11.7 Å². The number of nitrogens with zero attached hydrogens (tertiary/aromatic N) is 5. The first-order valence-electron chi connectivity index (χ1n) is 10.5. The SMILES string of the molecule is Cc1c(C(=O)NC(c2nc(-c3cccnc3)no2)C(C)C)sc2nc3n(c(=O)c12)CCC3. The number of carbonyl (C=O) groups excluding carboxylic acids is 1. The molecule has 164 valence electrons. The highest BCUT2D eigenvalue weighted by atomic mass is 32.1. The van der Waals surface area contributed by atoms with E-state index in [9.17, 15) is 9.59 Å². The third kappa shape index (κ3) is 3.40. The molecule has 1 amide bonds. The monoisotopic (exact) mass is 450 g/mol. The van der Waals surface area contributed by atoms with E-state index in [0.29, 0.717) is 38.9 Å². The number of pyridine rings is 1. The maximum Gasteiger partial charge on any atom is 0.262 e. The number of aromatic nitrogens is 5. The number of carbonyl (C=O) groups is 1. The molecular formula is C22H22N6O3S. The van der Waals surface area contributed by atoms with Gasteiger partial charge < -0.3 is 9.84 Å². The van der Waals surface area contributed by atoms with E-state index in [1.807, 2.05) is 19.9 Å². The van der Waals surface area contributed by atoms with Crippen molar-refractivity contribution in [2.75, 3.05) is 0 Å². The van der Waals surface area contributed by atoms with E-state index in [-0.39, 0.29) is 17.4 Å². The van der Waals surface area contributed by atoms with Crippen molar-refractivity contribution in [3.05, 3.63) is 57.0 Å². The van der Waals surface area contributed by atoms with Crippen molar-refractivity contribution in [3.8, 4) is 11.4 Å². The molecular weight excluding hydrogens is 428 g/mol. The van der Waals surface area contributed by atoms with E-state index in [1.165, 1.54) is 11.3 Å². The van der Waals surface area contributed by atoms with Crippen LogP contribution in [0.2, 0.25) is 0 Å². The molecule has 1 atom stereocenters. The van der Waals surface area contributed by atoms with Gasteiger partial charge in [-0.05, 0) is 37.0 Å². The molecule has 0 saturated heterocycles. The Labute approximate surface area is 187 Å². The van der Waals surface area contributed by atoms with Crippen molar-refractivity contribution in [2.45, 2.75) is 46.2 Å². The lowest BCUT2D eigenvalue weighted by Gasteiger charge is -2.18. The molecule has 32 heavy (non-hydrogen) atoms. The minimum absolute atomic E-state index is 0.00313. The smallest absolute Gasteiger partial charge is 0.262 e. The second kappa shape index (κ2) is 7.94. The molecule has 5 rings (SSSR count). The van der Waals surface area contributed by atoms with Crippen molar-refractivity contribution in [2.24, 2.45) is 5.92 Å². The number of fused-ring (bicyclic) bond motifs is 2. The Morgan fingerprint density at radius 2 is 2.16 bits per heavy atom. The van der Waals surface area contributed by atoms with Crippen molar-refractivity contribution in [1.29, 1.82) is 0 Å². The van der Waals surface area contributed by atoms with Crippen LogP contribution in [0.15, 0.2) is 33.8 Å². The third-order valence-electron chi connectivity index (χ3n) is 5.70. The van der Waals surface area contributed by atoms with Crippen LogP contribution >= 0.6 is 11.3 Å². The molecule has 1 aliphatic heterocycles. The first-order valence-corrected chi connectivity index (χ1v) is 11.3. The van der Waals surface area contributed by atoms with Crippen molar-refractivity contribution >= 4 is 27.5 Å². The number of rotatable bonds is 5. The number of hydrogen-bond acceptors (Lipinski definition) is 8. The van der Waals surface area contributed by atoms with Crippen LogP contribution in [0.25, 0.3) is 21.6 Å². The Balaban J connectivity index is 1.46. The normalized spacial score (nSPS) is 14.1. The Morgan fingerprint density at radius 1 is 1.31 bits per heavy atom. The van der Waals surface area contributed by atoms with Crippen LogP contribution in [-0.4, -0.2) is 30.6 Å². The number of hydrogen-bond donors (Lipinski definition) is 1. The predicted octanol–water partition coefficient (Wildman–Crippen LogP) is 3.28. The van der Waals surface area contributed by atoms with Gasteiger partial charge in [0, 0.05) is 30.9 Å². The lowest BCUT2D eigenvalue weighted by molar-refractivity contribution is 0.0917. The summed E-state index contributed by atoms with van der Waals surface area (Å²) in [5.41, 5.74) is 1.33. The lowest BCUT2D eigenvalue weighted by Crippen LogP contribution is -2.32. The molecule has 1 N–H and O–H groups in total. The van der Waals surface area contributed by atoms with Crippen LogP contribution in [0, 0.1) is 12.8 Å². The molecule has 1 unspecified atom stereocenters. The average molecular weight is 451 g/mol. The molecule has 1 aliphatic rings. The second-order valence-corrected chi connectivity index (χ2v) is 9.22. The van der Waals surface area contributed by atoms with Gasteiger partial charge in [0.1, 0.15) is 16.7 Å². The van der Waals surface area contributed by atoms with Gasteiger partial charge >= 0.3 is 0 Å². The quantitative estimate of drug-likeness (QED) is 0.496. The molecule has 0 aromatic carbocycles. The van der Waals surface area contributed by atoms with E-state index in [0.717, 1.165) is 24.2 Å². The highest BCUT2D eigenvalue weighted by molar-refractivity contribution is 7.20. The largest absolute Gasteiger partial charge is 0.339 e. The summed E-state index contributed by atoms with van der Waals surface area (Å²) in [6.45, 7) is 6.42. The second-order valence-electron chi connectivity index (χ2n) is 8.22. The summed E-state index contributed by atoms with van der Waals surface area (Å²) in [5.74, 6) is 1.25. The molecule has 0 aliphatic carbocycles. The van der Waals surface area contributed by atoms with Gasteiger partial charge in [0.05, 0.1) is 10.3 Å². The molecule has 10 heteroatoms. The fourth-order valence-electron chi connectivity index (χ4n) is 3.99. The van der Waals surface area contributed by atoms with Gasteiger partial charge in [0.15, 0.2) is 0 Å². The lowest BCUT2D eigenvalue weighted by atomic mass is 10.0. The number of nitrogens with one attached hydrogen (secondary N) is 1. The first-order chi connectivity index (χ1) is 15.4. The van der Waals surface area contributed by atoms with Crippen molar-refractivity contribution in [1.82, 2.24) is 30.0 Å². The summed E-state index contributed by atoms with van der Waals surface area (Å²) in [5, 5.41) is 7.59. The molecule has 0 bridgehead atoms. The van der Waals surface area contributed by atoms with Gasteiger partial charge in [-0.25, -0.2) is 4.98 Å². The van der Waals surface area contributed by atoms with Gasteiger partial charge in [-0.3, -0.25) is 19.1 Å². The topological polar surface area (TPSA) is 116 Å². The number of thiophene rings is 1. The Morgan fingerprint density at radius 3 is 2.91 bits per heavy atom. The molecule has 4 aromatic heterocycles. The van der Waals surface area contributed by atoms with Crippen LogP contribution in [0.5, 0.6) is 0 Å². The summed E-state index contributed by atoms with van der Waals surface area (Å²) >= 11 is 1.25. The zero-order chi connectivity index (χ0) is 22.4. The molecule has 4 aromatic rings. The van der Waals surface area contributed by atoms with E-state index in [2.05, 4.69) is 25.4 Å². The van der Waals surface area contributed by atoms with Gasteiger partial charge in [-0.1, -0.05) is 19.0 Å². The van der Waals surface area contributed by atoms with Crippen LogP contribution in [0.4, 0.5) is 0 Å². The minimum atomic E-state index is -0.482. The Hall–Kier alpha value is -3.40. The standard InChI is InChI=1S/C22H22N6O3S/c1-11(2)16(20-26-18(27-31-20)13-6-4-8-23-10-13)25-19(29)17-12(3)15-21(32-17)24-14-7-5-9-28(14)22(15)30/h4,6,8,10-11,16H,5,7,9H2,1-3H3,(H,25,29). The highest BCUT2D eigenvalue weighted by Crippen LogP contribution is 2.30. The van der Waals surface area contributed by atoms with E-state index < -0.39 is 6.04 Å². The fraction of sp³-hybridized carbons (Fsp3) is 0.364. The van der Waals surface area contributed by atoms with Crippen molar-refractivity contribution < 1.29 is 9.32 Å². The molecule has 0 saturated carbocycles. The average Bonchev–Trinajstić information content (AvgIpc) is 3.51. The minimum Gasteiger partial charge on any atom is -0.339 e. The van der Waals surface area contributed by atoms with E-state index >= 15 is 0 Å². The van der Waals surface area contributed by atoms with Crippen LogP contribution < -0.4 is 10.9 Å². The molecule has 0 fully saturated rings. The van der Waals surface area contributed by atoms with Gasteiger partial charge in [-0.15, -0.1) is 11.3 Å². The predicted molar refractivity (Wildman–Crippen MR) is 120 cm³/mol. The summed E-state index contributed by atoms with van der Waals surface area (Å²) in [7, 11) is 0. The summed E-state index contributed by atoms with van der Waals surface area (Å²) < 4.78 is 7.20. The van der Waals surface area contributed by atoms with Crippen LogP contribution in [0.3, 0.4) is 0 Å². The first kappa shape index (κ1) is 20.5. The number of aryl methyl sites for hydroxylation is 2. The summed E-state index contributed by atoms with van der Waals surface area (Å²) in [6.07, 6.45) is 5.04. The van der Waals surface area contributed by atoms with E-state index in [4.69, 9.17) is 4.52 Å². The molecule has 5 heterocycles. The highest BCUT2D eigenvalue weighted by Gasteiger charge is 2.28. The van der Waals surface area contributed by atoms with Crippen molar-refractivity contribution in [3.63, 3.8) is 0 Å².